The topological polar surface area (TPSA) is 91.4 Å². The zero-order valence-electron chi connectivity index (χ0n) is 13.7. The van der Waals surface area contributed by atoms with Crippen LogP contribution in [0.4, 0.5) is 5.95 Å². The Morgan fingerprint density at radius 1 is 1.08 bits per heavy atom. The van der Waals surface area contributed by atoms with E-state index < -0.39 is 0 Å². The Balaban J connectivity index is 2.35. The Hall–Kier alpha value is -3.06. The Kier molecular flexibility index (Phi) is 4.09. The SMILES string of the molecule is COc1cc2nc(NN)n(-c3ccc(C)cc3)c(=O)c2cc1OC. The van der Waals surface area contributed by atoms with Gasteiger partial charge in [0, 0.05) is 6.07 Å². The average Bonchev–Trinajstić information content (AvgIpc) is 2.61. The van der Waals surface area contributed by atoms with Crippen LogP contribution in [0, 0.1) is 6.92 Å². The van der Waals surface area contributed by atoms with Gasteiger partial charge in [0.25, 0.3) is 5.56 Å². The maximum atomic E-state index is 13.0. The smallest absolute Gasteiger partial charge is 0.267 e. The van der Waals surface area contributed by atoms with E-state index in [4.69, 9.17) is 15.3 Å². The highest BCUT2D eigenvalue weighted by molar-refractivity contribution is 5.83. The van der Waals surface area contributed by atoms with Gasteiger partial charge in [0.05, 0.1) is 30.8 Å². The van der Waals surface area contributed by atoms with Gasteiger partial charge in [-0.15, -0.1) is 0 Å². The van der Waals surface area contributed by atoms with E-state index in [-0.39, 0.29) is 11.5 Å². The number of ether oxygens (including phenoxy) is 2. The number of hydrogen-bond donors (Lipinski definition) is 2. The second-order valence-electron chi connectivity index (χ2n) is 5.28. The summed E-state index contributed by atoms with van der Waals surface area (Å²) in [7, 11) is 3.05. The lowest BCUT2D eigenvalue weighted by molar-refractivity contribution is 0.355. The molecule has 0 spiro atoms. The number of hydrogen-bond acceptors (Lipinski definition) is 6. The second kappa shape index (κ2) is 6.21. The minimum absolute atomic E-state index is 0.239. The normalized spacial score (nSPS) is 10.7. The summed E-state index contributed by atoms with van der Waals surface area (Å²) < 4.78 is 12.0. The van der Waals surface area contributed by atoms with Gasteiger partial charge in [0.2, 0.25) is 5.95 Å². The van der Waals surface area contributed by atoms with Crippen molar-refractivity contribution in [2.24, 2.45) is 5.84 Å². The molecule has 0 bridgehead atoms. The molecule has 7 nitrogen and oxygen atoms in total. The van der Waals surface area contributed by atoms with Gasteiger partial charge in [-0.05, 0) is 25.1 Å². The van der Waals surface area contributed by atoms with Crippen molar-refractivity contribution in [2.45, 2.75) is 6.92 Å². The number of methoxy groups -OCH3 is 2. The van der Waals surface area contributed by atoms with E-state index in [0.717, 1.165) is 5.56 Å². The Morgan fingerprint density at radius 3 is 2.29 bits per heavy atom. The molecule has 0 saturated carbocycles. The third-order valence-electron chi connectivity index (χ3n) is 3.79. The summed E-state index contributed by atoms with van der Waals surface area (Å²) in [6, 6.07) is 10.8. The molecule has 0 amide bonds. The molecule has 124 valence electrons. The van der Waals surface area contributed by atoms with Crippen LogP contribution in [-0.2, 0) is 0 Å². The molecule has 0 atom stereocenters. The van der Waals surface area contributed by atoms with Crippen LogP contribution in [0.2, 0.25) is 0 Å². The Bertz CT molecular complexity index is 949. The van der Waals surface area contributed by atoms with Crippen molar-refractivity contribution in [3.63, 3.8) is 0 Å². The first-order valence-electron chi connectivity index (χ1n) is 7.31. The van der Waals surface area contributed by atoms with Crippen molar-refractivity contribution in [3.8, 4) is 17.2 Å². The fraction of sp³-hybridized carbons (Fsp3) is 0.176. The van der Waals surface area contributed by atoms with Gasteiger partial charge in [-0.3, -0.25) is 10.2 Å². The molecule has 0 unspecified atom stereocenters. The molecule has 0 aliphatic rings. The van der Waals surface area contributed by atoms with Crippen molar-refractivity contribution < 1.29 is 9.47 Å². The van der Waals surface area contributed by atoms with Crippen LogP contribution in [-0.4, -0.2) is 23.8 Å². The molecule has 24 heavy (non-hydrogen) atoms. The third kappa shape index (κ3) is 2.55. The van der Waals surface area contributed by atoms with Crippen molar-refractivity contribution in [2.75, 3.05) is 19.6 Å². The largest absolute Gasteiger partial charge is 0.493 e. The van der Waals surface area contributed by atoms with E-state index in [9.17, 15) is 4.79 Å². The number of nitrogens with zero attached hydrogens (tertiary/aromatic N) is 2. The summed E-state index contributed by atoms with van der Waals surface area (Å²) in [4.78, 5) is 17.4. The van der Waals surface area contributed by atoms with Gasteiger partial charge in [0.1, 0.15) is 0 Å². The van der Waals surface area contributed by atoms with Crippen LogP contribution < -0.4 is 26.3 Å². The van der Waals surface area contributed by atoms with Crippen LogP contribution in [0.3, 0.4) is 0 Å². The van der Waals surface area contributed by atoms with Gasteiger partial charge >= 0.3 is 0 Å². The standard InChI is InChI=1S/C17H18N4O3/c1-10-4-6-11(7-5-10)21-16(22)12-8-14(23-2)15(24-3)9-13(12)19-17(21)20-18/h4-9H,18H2,1-3H3,(H,19,20). The number of nitrogens with one attached hydrogen (secondary N) is 1. The van der Waals surface area contributed by atoms with Crippen molar-refractivity contribution in [1.82, 2.24) is 9.55 Å². The van der Waals surface area contributed by atoms with Crippen LogP contribution in [0.1, 0.15) is 5.56 Å². The number of hydrazine groups is 1. The van der Waals surface area contributed by atoms with Gasteiger partial charge < -0.3 is 9.47 Å². The maximum absolute atomic E-state index is 13.0. The van der Waals surface area contributed by atoms with E-state index in [1.54, 1.807) is 12.1 Å². The molecule has 3 rings (SSSR count). The summed E-state index contributed by atoms with van der Waals surface area (Å²) in [5.41, 5.74) is 4.46. The molecule has 3 N–H and O–H groups in total. The van der Waals surface area contributed by atoms with Crippen molar-refractivity contribution in [3.05, 3.63) is 52.3 Å². The number of anilines is 1. The zero-order chi connectivity index (χ0) is 17.3. The molecular weight excluding hydrogens is 308 g/mol. The first-order valence-corrected chi connectivity index (χ1v) is 7.31. The summed E-state index contributed by atoms with van der Waals surface area (Å²) in [6.07, 6.45) is 0. The van der Waals surface area contributed by atoms with E-state index in [1.807, 2.05) is 31.2 Å². The summed E-state index contributed by atoms with van der Waals surface area (Å²) >= 11 is 0. The van der Waals surface area contributed by atoms with Gasteiger partial charge in [-0.1, -0.05) is 17.7 Å². The van der Waals surface area contributed by atoms with E-state index >= 15 is 0 Å². The van der Waals surface area contributed by atoms with Crippen LogP contribution in [0.15, 0.2) is 41.2 Å². The molecule has 0 aliphatic carbocycles. The summed E-state index contributed by atoms with van der Waals surface area (Å²) in [5, 5.41) is 0.409. The highest BCUT2D eigenvalue weighted by Gasteiger charge is 2.15. The van der Waals surface area contributed by atoms with E-state index in [0.29, 0.717) is 28.1 Å². The zero-order valence-corrected chi connectivity index (χ0v) is 13.7. The number of fused-ring (bicyclic) bond motifs is 1. The monoisotopic (exact) mass is 326 g/mol. The predicted octanol–water partition coefficient (Wildman–Crippen LogP) is 2.00. The molecule has 0 aliphatic heterocycles. The first-order chi connectivity index (χ1) is 11.6. The molecule has 3 aromatic rings. The molecule has 2 aromatic carbocycles. The van der Waals surface area contributed by atoms with Crippen LogP contribution in [0.25, 0.3) is 16.6 Å². The van der Waals surface area contributed by atoms with Crippen molar-refractivity contribution in [1.29, 1.82) is 0 Å². The highest BCUT2D eigenvalue weighted by Crippen LogP contribution is 2.30. The highest BCUT2D eigenvalue weighted by atomic mass is 16.5. The molecular formula is C17H18N4O3. The summed E-state index contributed by atoms with van der Waals surface area (Å²) in [6.45, 7) is 1.98. The number of rotatable bonds is 4. The number of aryl methyl sites for hydroxylation is 1. The molecule has 0 fully saturated rings. The van der Waals surface area contributed by atoms with Gasteiger partial charge in [-0.2, -0.15) is 0 Å². The number of aromatic nitrogens is 2. The quantitative estimate of drug-likeness (QED) is 0.563. The number of benzene rings is 2. The van der Waals surface area contributed by atoms with Crippen LogP contribution in [0.5, 0.6) is 11.5 Å². The molecule has 1 aromatic heterocycles. The molecule has 0 radical (unpaired) electrons. The van der Waals surface area contributed by atoms with Crippen molar-refractivity contribution >= 4 is 16.9 Å². The second-order valence-corrected chi connectivity index (χ2v) is 5.28. The minimum Gasteiger partial charge on any atom is -0.493 e. The maximum Gasteiger partial charge on any atom is 0.267 e. The predicted molar refractivity (Wildman–Crippen MR) is 93.0 cm³/mol. The molecule has 7 heteroatoms. The van der Waals surface area contributed by atoms with Crippen LogP contribution >= 0.6 is 0 Å². The molecule has 0 saturated heterocycles. The van der Waals surface area contributed by atoms with E-state index in [2.05, 4.69) is 10.4 Å². The Morgan fingerprint density at radius 2 is 1.71 bits per heavy atom. The molecule has 1 heterocycles. The Labute approximate surface area is 138 Å². The fourth-order valence-electron chi connectivity index (χ4n) is 2.54. The van der Waals surface area contributed by atoms with E-state index in [1.165, 1.54) is 18.8 Å². The number of nitrogen functional groups attached to an aromatic ring is 1. The lowest BCUT2D eigenvalue weighted by Crippen LogP contribution is -2.26. The average molecular weight is 326 g/mol. The third-order valence-corrected chi connectivity index (χ3v) is 3.79. The number of nitrogens with two attached hydrogens (primary N) is 1. The lowest BCUT2D eigenvalue weighted by Gasteiger charge is -2.14. The fourth-order valence-corrected chi connectivity index (χ4v) is 2.54. The lowest BCUT2D eigenvalue weighted by atomic mass is 10.2. The minimum atomic E-state index is -0.252. The summed E-state index contributed by atoms with van der Waals surface area (Å²) in [5.74, 6) is 6.77. The van der Waals surface area contributed by atoms with Gasteiger partial charge in [-0.25, -0.2) is 15.4 Å². The van der Waals surface area contributed by atoms with Gasteiger partial charge in [0.15, 0.2) is 11.5 Å². The first kappa shape index (κ1) is 15.8.